The summed E-state index contributed by atoms with van der Waals surface area (Å²) >= 11 is 0. The standard InChI is InChI=1S/C13H18N2O2/c1-10(11-7-5-4-6-8-11)15-9-12(15)13(16)14(2)17-3/h4-8,10,12H,9H2,1-3H3/t10-,12+,15?/m0/s1. The zero-order valence-electron chi connectivity index (χ0n) is 10.5. The van der Waals surface area contributed by atoms with Crippen molar-refractivity contribution in [3.63, 3.8) is 0 Å². The van der Waals surface area contributed by atoms with Gasteiger partial charge < -0.3 is 0 Å². The Balaban J connectivity index is 1.97. The number of carbonyl (C=O) groups excluding carboxylic acids is 1. The maximum Gasteiger partial charge on any atom is 0.264 e. The van der Waals surface area contributed by atoms with E-state index in [1.54, 1.807) is 7.05 Å². The molecule has 0 saturated carbocycles. The topological polar surface area (TPSA) is 32.5 Å². The molecule has 17 heavy (non-hydrogen) atoms. The molecule has 1 amide bonds. The highest BCUT2D eigenvalue weighted by Crippen LogP contribution is 2.32. The van der Waals surface area contributed by atoms with Gasteiger partial charge in [0.05, 0.1) is 7.11 Å². The number of amides is 1. The molecule has 0 radical (unpaired) electrons. The van der Waals surface area contributed by atoms with E-state index in [9.17, 15) is 4.79 Å². The third kappa shape index (κ3) is 2.48. The molecule has 1 aromatic rings. The number of carbonyl (C=O) groups is 1. The van der Waals surface area contributed by atoms with E-state index < -0.39 is 0 Å². The number of benzene rings is 1. The monoisotopic (exact) mass is 234 g/mol. The lowest BCUT2D eigenvalue weighted by atomic mass is 10.1. The number of nitrogens with zero attached hydrogens (tertiary/aromatic N) is 2. The Bertz CT molecular complexity index is 394. The van der Waals surface area contributed by atoms with Crippen molar-refractivity contribution in [2.75, 3.05) is 20.7 Å². The van der Waals surface area contributed by atoms with Gasteiger partial charge in [0.15, 0.2) is 0 Å². The van der Waals surface area contributed by atoms with Crippen molar-refractivity contribution in [2.45, 2.75) is 19.0 Å². The van der Waals surface area contributed by atoms with Crippen LogP contribution in [0.5, 0.6) is 0 Å². The van der Waals surface area contributed by atoms with Crippen molar-refractivity contribution in [3.05, 3.63) is 35.9 Å². The van der Waals surface area contributed by atoms with Crippen molar-refractivity contribution in [3.8, 4) is 0 Å². The minimum Gasteiger partial charge on any atom is -0.282 e. The van der Waals surface area contributed by atoms with Gasteiger partial charge in [-0.2, -0.15) is 0 Å². The Labute approximate surface area is 102 Å². The van der Waals surface area contributed by atoms with Crippen LogP contribution in [0.25, 0.3) is 0 Å². The van der Waals surface area contributed by atoms with Crippen molar-refractivity contribution >= 4 is 5.91 Å². The van der Waals surface area contributed by atoms with Gasteiger partial charge in [-0.1, -0.05) is 30.3 Å². The van der Waals surface area contributed by atoms with Crippen LogP contribution in [-0.2, 0) is 9.63 Å². The summed E-state index contributed by atoms with van der Waals surface area (Å²) in [5, 5.41) is 1.29. The number of hydroxylamine groups is 2. The maximum atomic E-state index is 11.8. The first kappa shape index (κ1) is 12.1. The van der Waals surface area contributed by atoms with Gasteiger partial charge in [-0.05, 0) is 12.5 Å². The van der Waals surface area contributed by atoms with Crippen LogP contribution in [0.1, 0.15) is 18.5 Å². The average Bonchev–Trinajstić information content (AvgIpc) is 3.17. The summed E-state index contributed by atoms with van der Waals surface area (Å²) in [5.41, 5.74) is 1.24. The van der Waals surface area contributed by atoms with E-state index in [-0.39, 0.29) is 18.0 Å². The predicted molar refractivity (Wildman–Crippen MR) is 65.1 cm³/mol. The fraction of sp³-hybridized carbons (Fsp3) is 0.462. The zero-order valence-corrected chi connectivity index (χ0v) is 10.5. The Kier molecular flexibility index (Phi) is 3.45. The van der Waals surface area contributed by atoms with Crippen LogP contribution in [0, 0.1) is 0 Å². The minimum absolute atomic E-state index is 0.0234. The van der Waals surface area contributed by atoms with Gasteiger partial charge in [-0.15, -0.1) is 0 Å². The molecule has 2 rings (SSSR count). The van der Waals surface area contributed by atoms with Crippen LogP contribution in [0.15, 0.2) is 30.3 Å². The summed E-state index contributed by atoms with van der Waals surface area (Å²) in [6.07, 6.45) is 0. The Hall–Kier alpha value is -1.39. The second-order valence-electron chi connectivity index (χ2n) is 4.32. The molecule has 4 heteroatoms. The lowest BCUT2D eigenvalue weighted by Crippen LogP contribution is -2.31. The van der Waals surface area contributed by atoms with Gasteiger partial charge in [-0.3, -0.25) is 14.5 Å². The first-order valence-electron chi connectivity index (χ1n) is 5.77. The Morgan fingerprint density at radius 1 is 1.47 bits per heavy atom. The van der Waals surface area contributed by atoms with E-state index in [4.69, 9.17) is 4.84 Å². The molecule has 1 fully saturated rings. The average molecular weight is 234 g/mol. The molecule has 0 aliphatic carbocycles. The van der Waals surface area contributed by atoms with Gasteiger partial charge in [0.2, 0.25) is 0 Å². The number of hydrogen-bond donors (Lipinski definition) is 0. The maximum absolute atomic E-state index is 11.8. The van der Waals surface area contributed by atoms with Crippen LogP contribution in [0.3, 0.4) is 0 Å². The van der Waals surface area contributed by atoms with E-state index in [2.05, 4.69) is 24.0 Å². The number of likely N-dealkylation sites (N-methyl/N-ethyl adjacent to an activating group) is 1. The van der Waals surface area contributed by atoms with E-state index in [1.807, 2.05) is 18.2 Å². The lowest BCUT2D eigenvalue weighted by Gasteiger charge is -2.17. The van der Waals surface area contributed by atoms with Crippen LogP contribution >= 0.6 is 0 Å². The summed E-state index contributed by atoms with van der Waals surface area (Å²) in [4.78, 5) is 18.9. The highest BCUT2D eigenvalue weighted by Gasteiger charge is 2.45. The van der Waals surface area contributed by atoms with Gasteiger partial charge in [-0.25, -0.2) is 5.06 Å². The molecule has 0 spiro atoms. The van der Waals surface area contributed by atoms with Crippen LogP contribution in [-0.4, -0.2) is 42.6 Å². The predicted octanol–water partition coefficient (Wildman–Crippen LogP) is 1.45. The fourth-order valence-electron chi connectivity index (χ4n) is 2.02. The molecule has 1 aromatic carbocycles. The number of hydrogen-bond acceptors (Lipinski definition) is 3. The van der Waals surface area contributed by atoms with Crippen molar-refractivity contribution in [2.24, 2.45) is 0 Å². The first-order valence-corrected chi connectivity index (χ1v) is 5.77. The quantitative estimate of drug-likeness (QED) is 0.584. The molecule has 0 bridgehead atoms. The van der Waals surface area contributed by atoms with Gasteiger partial charge in [0.1, 0.15) is 6.04 Å². The van der Waals surface area contributed by atoms with Crippen molar-refractivity contribution in [1.29, 1.82) is 0 Å². The molecule has 0 N–H and O–H groups in total. The molecule has 4 nitrogen and oxygen atoms in total. The normalized spacial score (nSPS) is 24.2. The van der Waals surface area contributed by atoms with E-state index >= 15 is 0 Å². The third-order valence-corrected chi connectivity index (χ3v) is 3.30. The van der Waals surface area contributed by atoms with E-state index in [1.165, 1.54) is 17.7 Å². The van der Waals surface area contributed by atoms with Crippen LogP contribution < -0.4 is 0 Å². The molecule has 0 aromatic heterocycles. The summed E-state index contributed by atoms with van der Waals surface area (Å²) < 4.78 is 0. The smallest absolute Gasteiger partial charge is 0.264 e. The van der Waals surface area contributed by atoms with Gasteiger partial charge >= 0.3 is 0 Å². The van der Waals surface area contributed by atoms with E-state index in [0.29, 0.717) is 0 Å². The van der Waals surface area contributed by atoms with Gasteiger partial charge in [0, 0.05) is 19.6 Å². The Morgan fingerprint density at radius 3 is 2.71 bits per heavy atom. The summed E-state index contributed by atoms with van der Waals surface area (Å²) in [7, 11) is 3.15. The highest BCUT2D eigenvalue weighted by atomic mass is 16.7. The molecule has 3 atom stereocenters. The molecule has 1 saturated heterocycles. The van der Waals surface area contributed by atoms with E-state index in [0.717, 1.165) is 6.54 Å². The van der Waals surface area contributed by atoms with Gasteiger partial charge in [0.25, 0.3) is 5.91 Å². The zero-order chi connectivity index (χ0) is 12.4. The summed E-state index contributed by atoms with van der Waals surface area (Å²) in [6, 6.07) is 10.5. The fourth-order valence-corrected chi connectivity index (χ4v) is 2.02. The SMILES string of the molecule is CON(C)C(=O)[C@H]1CN1[C@@H](C)c1ccccc1. The second-order valence-corrected chi connectivity index (χ2v) is 4.32. The van der Waals surface area contributed by atoms with Crippen molar-refractivity contribution < 1.29 is 9.63 Å². The molecule has 1 heterocycles. The number of rotatable bonds is 4. The highest BCUT2D eigenvalue weighted by molar-refractivity contribution is 5.83. The molecular weight excluding hydrogens is 216 g/mol. The van der Waals surface area contributed by atoms with Crippen LogP contribution in [0.4, 0.5) is 0 Å². The third-order valence-electron chi connectivity index (χ3n) is 3.30. The largest absolute Gasteiger partial charge is 0.282 e. The van der Waals surface area contributed by atoms with Crippen LogP contribution in [0.2, 0.25) is 0 Å². The first-order chi connectivity index (χ1) is 8.15. The Morgan fingerprint density at radius 2 is 2.12 bits per heavy atom. The second kappa shape index (κ2) is 4.85. The molecule has 1 aliphatic heterocycles. The molecule has 92 valence electrons. The summed E-state index contributed by atoms with van der Waals surface area (Å²) in [5.74, 6) is 0.0234. The minimum atomic E-state index is -0.0323. The summed E-state index contributed by atoms with van der Waals surface area (Å²) in [6.45, 7) is 2.93. The molecular formula is C13H18N2O2. The molecule has 1 unspecified atom stereocenters. The molecule has 1 aliphatic rings. The van der Waals surface area contributed by atoms with Crippen molar-refractivity contribution in [1.82, 2.24) is 9.96 Å². The lowest BCUT2D eigenvalue weighted by molar-refractivity contribution is -0.169.